The quantitative estimate of drug-likeness (QED) is 0.672. The van der Waals surface area contributed by atoms with Crippen LogP contribution in [0, 0.1) is 0 Å². The van der Waals surface area contributed by atoms with Crippen LogP contribution in [0.15, 0.2) is 24.3 Å². The van der Waals surface area contributed by atoms with Crippen molar-refractivity contribution < 1.29 is 13.2 Å². The van der Waals surface area contributed by atoms with Crippen molar-refractivity contribution in [2.75, 3.05) is 0 Å². The van der Waals surface area contributed by atoms with Crippen molar-refractivity contribution in [1.82, 2.24) is 0 Å². The second-order valence-corrected chi connectivity index (χ2v) is 9.89. The van der Waals surface area contributed by atoms with Gasteiger partial charge in [-0.15, -0.1) is 0 Å². The van der Waals surface area contributed by atoms with Crippen LogP contribution in [0.2, 0.25) is 0 Å². The predicted molar refractivity (Wildman–Crippen MR) is 64.0 cm³/mol. The lowest BCUT2D eigenvalue weighted by atomic mass is 10.1. The van der Waals surface area contributed by atoms with Crippen LogP contribution in [-0.4, -0.2) is 16.8 Å². The highest BCUT2D eigenvalue weighted by atomic mass is 79.9. The first-order valence-corrected chi connectivity index (χ1v) is 7.33. The molecule has 0 fully saturated rings. The topological polar surface area (TPSA) is 51.2 Å². The SMILES string of the molecule is O=C1c2ccccc2CS(=O)(=O)C1(Br)Br. The molecule has 0 amide bonds. The summed E-state index contributed by atoms with van der Waals surface area (Å²) < 4.78 is 21.9. The van der Waals surface area contributed by atoms with E-state index in [0.29, 0.717) is 11.1 Å². The van der Waals surface area contributed by atoms with Crippen molar-refractivity contribution in [2.24, 2.45) is 0 Å². The van der Waals surface area contributed by atoms with Gasteiger partial charge in [-0.1, -0.05) is 24.3 Å². The van der Waals surface area contributed by atoms with Crippen LogP contribution in [0.4, 0.5) is 0 Å². The molecule has 0 aliphatic carbocycles. The maximum atomic E-state index is 11.9. The molecule has 0 atom stereocenters. The van der Waals surface area contributed by atoms with E-state index in [0.717, 1.165) is 0 Å². The van der Waals surface area contributed by atoms with Gasteiger partial charge in [0.2, 0.25) is 8.35 Å². The molecule has 0 saturated carbocycles. The third kappa shape index (κ3) is 1.59. The van der Waals surface area contributed by atoms with Crippen molar-refractivity contribution in [3.8, 4) is 0 Å². The van der Waals surface area contributed by atoms with E-state index in [1.165, 1.54) is 0 Å². The standard InChI is InChI=1S/C9H6Br2O3S/c10-9(11)8(12)7-4-2-1-3-6(7)5-15(9,13)14/h1-4H,5H2. The van der Waals surface area contributed by atoms with E-state index in [2.05, 4.69) is 31.9 Å². The van der Waals surface area contributed by atoms with Gasteiger partial charge in [0.05, 0.1) is 5.75 Å². The second kappa shape index (κ2) is 3.40. The van der Waals surface area contributed by atoms with Crippen molar-refractivity contribution in [2.45, 2.75) is 8.32 Å². The Labute approximate surface area is 104 Å². The molecule has 80 valence electrons. The van der Waals surface area contributed by atoms with Crippen LogP contribution in [0.1, 0.15) is 15.9 Å². The minimum absolute atomic E-state index is 0.134. The summed E-state index contributed by atoms with van der Waals surface area (Å²) in [4.78, 5) is 11.9. The summed E-state index contributed by atoms with van der Waals surface area (Å²) >= 11 is 5.86. The molecule has 15 heavy (non-hydrogen) atoms. The van der Waals surface area contributed by atoms with E-state index in [4.69, 9.17) is 0 Å². The Morgan fingerprint density at radius 2 is 1.80 bits per heavy atom. The third-order valence-corrected chi connectivity index (χ3v) is 7.60. The first kappa shape index (κ1) is 11.3. The Bertz CT molecular complexity index is 534. The zero-order valence-corrected chi connectivity index (χ0v) is 11.4. The summed E-state index contributed by atoms with van der Waals surface area (Å²) in [6, 6.07) is 6.71. The highest BCUT2D eigenvalue weighted by Crippen LogP contribution is 2.42. The zero-order chi connectivity index (χ0) is 11.3. The lowest BCUT2D eigenvalue weighted by molar-refractivity contribution is 0.100. The Kier molecular flexibility index (Phi) is 2.56. The predicted octanol–water partition coefficient (Wildman–Crippen LogP) is 2.24. The summed E-state index contributed by atoms with van der Waals surface area (Å²) in [7, 11) is -3.54. The average Bonchev–Trinajstić information content (AvgIpc) is 2.15. The first-order chi connectivity index (χ1) is 6.86. The Morgan fingerprint density at radius 3 is 2.47 bits per heavy atom. The molecule has 1 aromatic carbocycles. The molecule has 0 bridgehead atoms. The highest BCUT2D eigenvalue weighted by molar-refractivity contribution is 9.28. The Morgan fingerprint density at radius 1 is 1.20 bits per heavy atom. The molecule has 1 aromatic rings. The number of fused-ring (bicyclic) bond motifs is 1. The summed E-state index contributed by atoms with van der Waals surface area (Å²) in [5.41, 5.74) is 0.998. The van der Waals surface area contributed by atoms with Crippen molar-refractivity contribution in [3.63, 3.8) is 0 Å². The van der Waals surface area contributed by atoms with Gasteiger partial charge in [0.25, 0.3) is 0 Å². The number of halogens is 2. The number of Topliss-reactive ketones (excluding diaryl/α,β-unsaturated/α-hetero) is 1. The number of hydrogen-bond donors (Lipinski definition) is 0. The van der Waals surface area contributed by atoms with Gasteiger partial charge in [0.1, 0.15) is 0 Å². The summed E-state index contributed by atoms with van der Waals surface area (Å²) in [6.07, 6.45) is 0. The van der Waals surface area contributed by atoms with Crippen molar-refractivity contribution >= 4 is 47.5 Å². The normalized spacial score (nSPS) is 22.1. The van der Waals surface area contributed by atoms with E-state index < -0.39 is 18.2 Å². The highest BCUT2D eigenvalue weighted by Gasteiger charge is 2.50. The Hall–Kier alpha value is -0.200. The van der Waals surface area contributed by atoms with Gasteiger partial charge in [-0.25, -0.2) is 8.42 Å². The van der Waals surface area contributed by atoms with Gasteiger partial charge in [0, 0.05) is 5.56 Å². The number of alkyl halides is 2. The molecule has 1 heterocycles. The summed E-state index contributed by atoms with van der Waals surface area (Å²) in [6.45, 7) is 0. The van der Waals surface area contributed by atoms with Gasteiger partial charge in [-0.2, -0.15) is 0 Å². The van der Waals surface area contributed by atoms with Crippen LogP contribution >= 0.6 is 31.9 Å². The van der Waals surface area contributed by atoms with Crippen LogP contribution in [0.3, 0.4) is 0 Å². The molecule has 0 unspecified atom stereocenters. The fraction of sp³-hybridized carbons (Fsp3) is 0.222. The van der Waals surface area contributed by atoms with Crippen LogP contribution in [-0.2, 0) is 15.6 Å². The third-order valence-electron chi connectivity index (χ3n) is 2.26. The lowest BCUT2D eigenvalue weighted by Gasteiger charge is -2.26. The van der Waals surface area contributed by atoms with E-state index in [9.17, 15) is 13.2 Å². The molecule has 2 rings (SSSR count). The molecule has 0 spiro atoms. The zero-order valence-electron chi connectivity index (χ0n) is 7.41. The lowest BCUT2D eigenvalue weighted by Crippen LogP contribution is -2.40. The molecular weight excluding hydrogens is 348 g/mol. The van der Waals surface area contributed by atoms with E-state index in [1.807, 2.05) is 0 Å². The molecule has 6 heteroatoms. The van der Waals surface area contributed by atoms with Crippen LogP contribution in [0.5, 0.6) is 0 Å². The van der Waals surface area contributed by atoms with E-state index >= 15 is 0 Å². The van der Waals surface area contributed by atoms with Gasteiger partial charge < -0.3 is 0 Å². The number of ketones is 1. The van der Waals surface area contributed by atoms with Gasteiger partial charge in [0.15, 0.2) is 9.84 Å². The number of rotatable bonds is 0. The van der Waals surface area contributed by atoms with Crippen molar-refractivity contribution in [1.29, 1.82) is 0 Å². The fourth-order valence-electron chi connectivity index (χ4n) is 1.46. The summed E-state index contributed by atoms with van der Waals surface area (Å²) in [5.74, 6) is -0.602. The van der Waals surface area contributed by atoms with E-state index in [1.54, 1.807) is 24.3 Å². The average molecular weight is 354 g/mol. The molecule has 0 N–H and O–H groups in total. The fourth-order valence-corrected chi connectivity index (χ4v) is 3.81. The molecular formula is C9H6Br2O3S. The number of benzene rings is 1. The monoisotopic (exact) mass is 352 g/mol. The number of hydrogen-bond acceptors (Lipinski definition) is 3. The molecule has 0 saturated heterocycles. The second-order valence-electron chi connectivity index (χ2n) is 3.26. The molecule has 0 aromatic heterocycles. The molecule has 3 nitrogen and oxygen atoms in total. The largest absolute Gasteiger partial charge is 0.290 e. The van der Waals surface area contributed by atoms with Crippen LogP contribution in [0.25, 0.3) is 0 Å². The maximum absolute atomic E-state index is 11.9. The van der Waals surface area contributed by atoms with Gasteiger partial charge in [-0.05, 0) is 37.4 Å². The van der Waals surface area contributed by atoms with Gasteiger partial charge in [-0.3, -0.25) is 4.79 Å². The summed E-state index contributed by atoms with van der Waals surface area (Å²) in [5, 5.41) is 0. The number of carbonyl (C=O) groups is 1. The number of sulfone groups is 1. The molecule has 1 aliphatic rings. The van der Waals surface area contributed by atoms with Gasteiger partial charge >= 0.3 is 0 Å². The number of carbonyl (C=O) groups excluding carboxylic acids is 1. The van der Waals surface area contributed by atoms with Crippen molar-refractivity contribution in [3.05, 3.63) is 35.4 Å². The minimum atomic E-state index is -3.54. The minimum Gasteiger partial charge on any atom is -0.290 e. The maximum Gasteiger partial charge on any atom is 0.243 e. The molecule has 0 radical (unpaired) electrons. The Balaban J connectivity index is 2.72. The first-order valence-electron chi connectivity index (χ1n) is 4.09. The smallest absolute Gasteiger partial charge is 0.243 e. The molecule has 1 aliphatic heterocycles. The van der Waals surface area contributed by atoms with Crippen LogP contribution < -0.4 is 0 Å². The van der Waals surface area contributed by atoms with E-state index in [-0.39, 0.29) is 5.75 Å².